The van der Waals surface area contributed by atoms with E-state index in [1.165, 1.54) is 5.56 Å². The molecule has 2 aliphatic heterocycles. The van der Waals surface area contributed by atoms with Gasteiger partial charge in [-0.05, 0) is 73.4 Å². The lowest BCUT2D eigenvalue weighted by Crippen LogP contribution is -2.43. The van der Waals surface area contributed by atoms with Crippen molar-refractivity contribution >= 4 is 11.6 Å². The number of nitrogens with zero attached hydrogens (tertiary/aromatic N) is 2. The van der Waals surface area contributed by atoms with E-state index in [9.17, 15) is 4.79 Å². The molecule has 1 unspecified atom stereocenters. The van der Waals surface area contributed by atoms with Crippen molar-refractivity contribution in [1.82, 2.24) is 4.90 Å². The highest BCUT2D eigenvalue weighted by atomic mass is 16.5. The predicted octanol–water partition coefficient (Wildman–Crippen LogP) is 5.28. The molecule has 0 N–H and O–H groups in total. The average Bonchev–Trinajstić information content (AvgIpc) is 3.04. The van der Waals surface area contributed by atoms with Gasteiger partial charge >= 0.3 is 0 Å². The summed E-state index contributed by atoms with van der Waals surface area (Å²) >= 11 is 0. The van der Waals surface area contributed by atoms with Crippen molar-refractivity contribution in [2.24, 2.45) is 11.8 Å². The van der Waals surface area contributed by atoms with Crippen molar-refractivity contribution in [3.05, 3.63) is 53.6 Å². The summed E-state index contributed by atoms with van der Waals surface area (Å²) in [7, 11) is 3.45. The number of fused-ring (bicyclic) bond motifs is 1. The standard InChI is InChI=1S/C34H48N2O6/c1-25(34(37)36-14-18-40-19-15-36)21-26-5-11-32(30(22-26)28-7-9-29(39-3)10-8-28)42-24-27-6-12-33-31(23-27)35(16-20-41-33)13-4-17-38-2/h6-10,12,23,25-26,30,32H,4-5,11,13-22,24H2,1-3H3/t25?,26-,30+,32-/m0/s1. The van der Waals surface area contributed by atoms with E-state index in [4.69, 9.17) is 23.7 Å². The Labute approximate surface area is 251 Å². The van der Waals surface area contributed by atoms with Gasteiger partial charge in [0.15, 0.2) is 0 Å². The Morgan fingerprint density at radius 2 is 1.83 bits per heavy atom. The highest BCUT2D eigenvalue weighted by Crippen LogP contribution is 2.42. The Balaban J connectivity index is 1.25. The number of hydrogen-bond donors (Lipinski definition) is 0. The molecular weight excluding hydrogens is 532 g/mol. The largest absolute Gasteiger partial charge is 0.497 e. The zero-order valence-corrected chi connectivity index (χ0v) is 25.6. The SMILES string of the molecule is COCCCN1CCOc2ccc(CO[C@H]3CC[C@@H](CC(C)C(=O)N4CCOCC4)C[C@@H]3c3ccc(OC)cc3)cc21. The van der Waals surface area contributed by atoms with Crippen LogP contribution in [0, 0.1) is 11.8 Å². The average molecular weight is 581 g/mol. The zero-order valence-electron chi connectivity index (χ0n) is 25.6. The van der Waals surface area contributed by atoms with Crippen LogP contribution in [0.3, 0.4) is 0 Å². The molecule has 1 amide bonds. The molecule has 8 heteroatoms. The summed E-state index contributed by atoms with van der Waals surface area (Å²) in [6.07, 6.45) is 5.09. The van der Waals surface area contributed by atoms with E-state index in [2.05, 4.69) is 42.2 Å². The van der Waals surface area contributed by atoms with Crippen LogP contribution in [0.4, 0.5) is 5.69 Å². The molecule has 1 aliphatic carbocycles. The first-order valence-electron chi connectivity index (χ1n) is 15.7. The van der Waals surface area contributed by atoms with Crippen LogP contribution in [0.15, 0.2) is 42.5 Å². The second-order valence-corrected chi connectivity index (χ2v) is 12.0. The minimum atomic E-state index is 0.0200. The first-order valence-corrected chi connectivity index (χ1v) is 15.7. The molecule has 0 bridgehead atoms. The van der Waals surface area contributed by atoms with E-state index < -0.39 is 0 Å². The van der Waals surface area contributed by atoms with Crippen LogP contribution >= 0.6 is 0 Å². The Bertz CT molecular complexity index is 1140. The molecular formula is C34H48N2O6. The van der Waals surface area contributed by atoms with Crippen LogP contribution in [-0.4, -0.2) is 83.7 Å². The second kappa shape index (κ2) is 15.1. The van der Waals surface area contributed by atoms with Gasteiger partial charge in [0.2, 0.25) is 5.91 Å². The molecule has 1 saturated carbocycles. The van der Waals surface area contributed by atoms with Crippen LogP contribution in [0.1, 0.15) is 56.1 Å². The van der Waals surface area contributed by atoms with Crippen molar-refractivity contribution < 1.29 is 28.5 Å². The van der Waals surface area contributed by atoms with Crippen molar-refractivity contribution in [1.29, 1.82) is 0 Å². The van der Waals surface area contributed by atoms with Gasteiger partial charge in [-0.25, -0.2) is 0 Å². The number of morpholine rings is 1. The Morgan fingerprint density at radius 3 is 2.60 bits per heavy atom. The van der Waals surface area contributed by atoms with Crippen LogP contribution in [0.2, 0.25) is 0 Å². The van der Waals surface area contributed by atoms with E-state index in [0.717, 1.165) is 74.6 Å². The monoisotopic (exact) mass is 580 g/mol. The van der Waals surface area contributed by atoms with E-state index in [1.807, 2.05) is 17.0 Å². The molecule has 2 aromatic carbocycles. The van der Waals surface area contributed by atoms with E-state index in [-0.39, 0.29) is 23.8 Å². The Morgan fingerprint density at radius 1 is 1.02 bits per heavy atom. The van der Waals surface area contributed by atoms with Crippen LogP contribution in [0.5, 0.6) is 11.5 Å². The maximum atomic E-state index is 13.1. The molecule has 8 nitrogen and oxygen atoms in total. The van der Waals surface area contributed by atoms with Crippen LogP contribution in [-0.2, 0) is 25.6 Å². The molecule has 4 atom stereocenters. The number of rotatable bonds is 12. The molecule has 2 aromatic rings. The Kier molecular flexibility index (Phi) is 11.0. The summed E-state index contributed by atoms with van der Waals surface area (Å²) in [4.78, 5) is 17.5. The first-order chi connectivity index (χ1) is 20.6. The molecule has 5 rings (SSSR count). The molecule has 1 saturated heterocycles. The molecule has 0 aromatic heterocycles. The highest BCUT2D eigenvalue weighted by molar-refractivity contribution is 5.78. The number of methoxy groups -OCH3 is 2. The minimum Gasteiger partial charge on any atom is -0.497 e. The van der Waals surface area contributed by atoms with E-state index in [0.29, 0.717) is 45.4 Å². The number of benzene rings is 2. The van der Waals surface area contributed by atoms with Gasteiger partial charge in [0.1, 0.15) is 18.1 Å². The third-order valence-electron chi connectivity index (χ3n) is 9.09. The summed E-state index contributed by atoms with van der Waals surface area (Å²) in [5.74, 6) is 2.85. The third-order valence-corrected chi connectivity index (χ3v) is 9.09. The van der Waals surface area contributed by atoms with Gasteiger partial charge in [0, 0.05) is 45.2 Å². The number of carbonyl (C=O) groups excluding carboxylic acids is 1. The van der Waals surface area contributed by atoms with Gasteiger partial charge < -0.3 is 33.5 Å². The smallest absolute Gasteiger partial charge is 0.225 e. The maximum Gasteiger partial charge on any atom is 0.225 e. The van der Waals surface area contributed by atoms with Gasteiger partial charge in [-0.3, -0.25) is 4.79 Å². The van der Waals surface area contributed by atoms with E-state index in [1.54, 1.807) is 14.2 Å². The van der Waals surface area contributed by atoms with Gasteiger partial charge in [-0.15, -0.1) is 0 Å². The zero-order chi connectivity index (χ0) is 29.3. The highest BCUT2D eigenvalue weighted by Gasteiger charge is 2.35. The third kappa shape index (κ3) is 7.77. The van der Waals surface area contributed by atoms with Gasteiger partial charge in [0.25, 0.3) is 0 Å². The fraction of sp³-hybridized carbons (Fsp3) is 0.618. The fourth-order valence-corrected chi connectivity index (χ4v) is 6.78. The van der Waals surface area contributed by atoms with Gasteiger partial charge in [-0.1, -0.05) is 25.1 Å². The normalized spacial score (nSPS) is 23.2. The van der Waals surface area contributed by atoms with E-state index >= 15 is 0 Å². The maximum absolute atomic E-state index is 13.1. The number of amides is 1. The molecule has 2 fully saturated rings. The lowest BCUT2D eigenvalue weighted by atomic mass is 9.73. The van der Waals surface area contributed by atoms with Gasteiger partial charge in [-0.2, -0.15) is 0 Å². The summed E-state index contributed by atoms with van der Waals surface area (Å²) in [5, 5.41) is 0. The number of ether oxygens (including phenoxy) is 5. The fourth-order valence-electron chi connectivity index (χ4n) is 6.78. The van der Waals surface area contributed by atoms with Crippen LogP contribution in [0.25, 0.3) is 0 Å². The quantitative estimate of drug-likeness (QED) is 0.316. The first kappa shape index (κ1) is 30.6. The van der Waals surface area contributed by atoms with Crippen molar-refractivity contribution in [2.75, 3.05) is 71.7 Å². The molecule has 2 heterocycles. The van der Waals surface area contributed by atoms with Crippen LogP contribution < -0.4 is 14.4 Å². The van der Waals surface area contributed by atoms with Crippen molar-refractivity contribution in [3.8, 4) is 11.5 Å². The second-order valence-electron chi connectivity index (χ2n) is 12.0. The summed E-state index contributed by atoms with van der Waals surface area (Å²) in [6.45, 7) is 8.66. The molecule has 0 spiro atoms. The summed E-state index contributed by atoms with van der Waals surface area (Å²) < 4.78 is 28.8. The number of carbonyl (C=O) groups is 1. The Hall–Kier alpha value is -2.81. The topological polar surface area (TPSA) is 69.7 Å². The number of hydrogen-bond acceptors (Lipinski definition) is 7. The predicted molar refractivity (Wildman–Crippen MR) is 163 cm³/mol. The van der Waals surface area contributed by atoms with Crippen molar-refractivity contribution in [2.45, 2.75) is 57.7 Å². The summed E-state index contributed by atoms with van der Waals surface area (Å²) in [5.41, 5.74) is 3.59. The molecule has 230 valence electrons. The molecule has 42 heavy (non-hydrogen) atoms. The lowest BCUT2D eigenvalue weighted by molar-refractivity contribution is -0.139. The summed E-state index contributed by atoms with van der Waals surface area (Å²) in [6, 6.07) is 14.9. The number of anilines is 1. The van der Waals surface area contributed by atoms with Gasteiger partial charge in [0.05, 0.1) is 45.3 Å². The minimum absolute atomic E-state index is 0.0200. The lowest BCUT2D eigenvalue weighted by Gasteiger charge is -2.38. The van der Waals surface area contributed by atoms with Crippen molar-refractivity contribution in [3.63, 3.8) is 0 Å². The molecule has 3 aliphatic rings. The molecule has 0 radical (unpaired) electrons.